The van der Waals surface area contributed by atoms with Crippen LogP contribution in [0.4, 0.5) is 4.79 Å². The van der Waals surface area contributed by atoms with E-state index in [-0.39, 0.29) is 4.91 Å². The van der Waals surface area contributed by atoms with Gasteiger partial charge < -0.3 is 10.5 Å². The summed E-state index contributed by atoms with van der Waals surface area (Å²) >= 11 is 0.787. The number of thioether (sulfide) groups is 1. The summed E-state index contributed by atoms with van der Waals surface area (Å²) in [5, 5.41) is 3.58. The zero-order valence-corrected chi connectivity index (χ0v) is 18.9. The van der Waals surface area contributed by atoms with Crippen LogP contribution >= 0.6 is 11.8 Å². The van der Waals surface area contributed by atoms with E-state index in [4.69, 9.17) is 10.5 Å². The summed E-state index contributed by atoms with van der Waals surface area (Å²) in [4.78, 5) is 37.5. The van der Waals surface area contributed by atoms with E-state index in [1.165, 1.54) is 0 Å². The van der Waals surface area contributed by atoms with Gasteiger partial charge in [-0.1, -0.05) is 72.8 Å². The first-order chi connectivity index (χ1) is 16.5. The fourth-order valence-electron chi connectivity index (χ4n) is 4.05. The maximum absolute atomic E-state index is 12.8. The largest absolute Gasteiger partial charge is 0.488 e. The van der Waals surface area contributed by atoms with Gasteiger partial charge in [-0.3, -0.25) is 19.3 Å². The molecule has 3 amide bonds. The zero-order chi connectivity index (χ0) is 23.7. The molecule has 1 saturated heterocycles. The SMILES string of the molecule is NC(=O)CN1C(=O)S/C(=C\c2c(OCc3cccc4ccccc34)ccc3ccccc23)C1=O. The molecule has 1 aliphatic rings. The topological polar surface area (TPSA) is 89.7 Å². The normalized spacial score (nSPS) is 14.9. The molecule has 0 unspecified atom stereocenters. The van der Waals surface area contributed by atoms with Crippen LogP contribution < -0.4 is 10.5 Å². The molecule has 1 heterocycles. The number of hydrogen-bond acceptors (Lipinski definition) is 5. The molecular formula is C27H20N2O4S. The zero-order valence-electron chi connectivity index (χ0n) is 18.1. The van der Waals surface area contributed by atoms with Gasteiger partial charge in [0.05, 0.1) is 4.91 Å². The lowest BCUT2D eigenvalue weighted by Crippen LogP contribution is -2.36. The van der Waals surface area contributed by atoms with Gasteiger partial charge in [0.1, 0.15) is 18.9 Å². The molecule has 168 valence electrons. The molecule has 0 saturated carbocycles. The number of ether oxygens (including phenoxy) is 1. The maximum Gasteiger partial charge on any atom is 0.294 e. The van der Waals surface area contributed by atoms with E-state index in [0.717, 1.165) is 43.8 Å². The fraction of sp³-hybridized carbons (Fsp3) is 0.0741. The highest BCUT2D eigenvalue weighted by atomic mass is 32.2. The van der Waals surface area contributed by atoms with E-state index in [1.807, 2.05) is 60.7 Å². The summed E-state index contributed by atoms with van der Waals surface area (Å²) < 4.78 is 6.27. The highest BCUT2D eigenvalue weighted by Gasteiger charge is 2.36. The van der Waals surface area contributed by atoms with Gasteiger partial charge in [0, 0.05) is 5.56 Å². The smallest absolute Gasteiger partial charge is 0.294 e. The highest BCUT2D eigenvalue weighted by molar-refractivity contribution is 8.18. The number of carbonyl (C=O) groups is 3. The molecule has 4 aromatic carbocycles. The quantitative estimate of drug-likeness (QED) is 0.398. The van der Waals surface area contributed by atoms with E-state index in [1.54, 1.807) is 6.08 Å². The summed E-state index contributed by atoms with van der Waals surface area (Å²) in [5.74, 6) is -0.692. The van der Waals surface area contributed by atoms with Crippen molar-refractivity contribution in [3.8, 4) is 5.75 Å². The molecule has 7 heteroatoms. The molecule has 34 heavy (non-hydrogen) atoms. The van der Waals surface area contributed by atoms with Crippen molar-refractivity contribution in [3.05, 3.63) is 94.9 Å². The number of nitrogens with two attached hydrogens (primary N) is 1. The Labute approximate surface area is 200 Å². The molecule has 0 atom stereocenters. The van der Waals surface area contributed by atoms with Crippen LogP contribution in [0.1, 0.15) is 11.1 Å². The van der Waals surface area contributed by atoms with E-state index < -0.39 is 23.6 Å². The van der Waals surface area contributed by atoms with Crippen LogP contribution in [0, 0.1) is 0 Å². The standard InChI is InChI=1S/C27H20N2O4S/c28-25(30)15-29-26(31)24(34-27(29)32)14-22-21-11-4-2-7-18(21)12-13-23(22)33-16-19-9-5-8-17-6-1-3-10-20(17)19/h1-14H,15-16H2,(H2,28,30)/b24-14-. The molecule has 2 N–H and O–H groups in total. The predicted molar refractivity (Wildman–Crippen MR) is 134 cm³/mol. The minimum Gasteiger partial charge on any atom is -0.488 e. The Hall–Kier alpha value is -4.10. The third kappa shape index (κ3) is 4.13. The number of primary amides is 1. The number of amides is 3. The molecule has 6 nitrogen and oxygen atoms in total. The first-order valence-electron chi connectivity index (χ1n) is 10.7. The number of carbonyl (C=O) groups excluding carboxylic acids is 3. The van der Waals surface area contributed by atoms with Crippen molar-refractivity contribution >= 4 is 56.4 Å². The Balaban J connectivity index is 1.54. The van der Waals surface area contributed by atoms with Gasteiger partial charge in [-0.15, -0.1) is 0 Å². The highest BCUT2D eigenvalue weighted by Crippen LogP contribution is 2.37. The Morgan fingerprint density at radius 1 is 0.882 bits per heavy atom. The Morgan fingerprint density at radius 3 is 2.32 bits per heavy atom. The second-order valence-electron chi connectivity index (χ2n) is 7.86. The van der Waals surface area contributed by atoms with Crippen molar-refractivity contribution in [2.45, 2.75) is 6.61 Å². The average Bonchev–Trinajstić information content (AvgIpc) is 3.10. The third-order valence-corrected chi connectivity index (χ3v) is 6.56. The Morgan fingerprint density at radius 2 is 1.56 bits per heavy atom. The van der Waals surface area contributed by atoms with Crippen LogP contribution in [0.3, 0.4) is 0 Å². The van der Waals surface area contributed by atoms with Crippen molar-refractivity contribution < 1.29 is 19.1 Å². The second kappa shape index (κ2) is 9.03. The summed E-state index contributed by atoms with van der Waals surface area (Å²) in [6.07, 6.45) is 1.66. The number of imide groups is 1. The van der Waals surface area contributed by atoms with Crippen molar-refractivity contribution in [3.63, 3.8) is 0 Å². The molecule has 0 spiro atoms. The molecule has 0 bridgehead atoms. The fourth-order valence-corrected chi connectivity index (χ4v) is 4.87. The van der Waals surface area contributed by atoms with E-state index in [9.17, 15) is 14.4 Å². The molecule has 0 radical (unpaired) electrons. The minimum atomic E-state index is -0.743. The predicted octanol–water partition coefficient (Wildman–Crippen LogP) is 5.09. The maximum atomic E-state index is 12.8. The minimum absolute atomic E-state index is 0.220. The number of benzene rings is 4. The number of rotatable bonds is 6. The lowest BCUT2D eigenvalue weighted by atomic mass is 10.0. The van der Waals surface area contributed by atoms with Gasteiger partial charge >= 0.3 is 0 Å². The summed E-state index contributed by atoms with van der Waals surface area (Å²) in [6.45, 7) is -0.105. The molecule has 5 rings (SSSR count). The molecule has 4 aromatic rings. The van der Waals surface area contributed by atoms with E-state index in [0.29, 0.717) is 17.9 Å². The van der Waals surface area contributed by atoms with Crippen LogP contribution in [0.5, 0.6) is 5.75 Å². The number of nitrogens with zero attached hydrogens (tertiary/aromatic N) is 1. The Kier molecular flexibility index (Phi) is 5.77. The first-order valence-corrected chi connectivity index (χ1v) is 11.5. The van der Waals surface area contributed by atoms with Gasteiger partial charge in [0.25, 0.3) is 11.1 Å². The van der Waals surface area contributed by atoms with Crippen LogP contribution in [0.2, 0.25) is 0 Å². The average molecular weight is 469 g/mol. The van der Waals surface area contributed by atoms with E-state index >= 15 is 0 Å². The molecule has 0 aliphatic carbocycles. The Bertz CT molecular complexity index is 1490. The monoisotopic (exact) mass is 468 g/mol. The number of fused-ring (bicyclic) bond motifs is 2. The van der Waals surface area contributed by atoms with E-state index in [2.05, 4.69) is 18.2 Å². The van der Waals surface area contributed by atoms with Crippen LogP contribution in [0.25, 0.3) is 27.6 Å². The molecule has 0 aromatic heterocycles. The van der Waals surface area contributed by atoms with Crippen molar-refractivity contribution in [2.24, 2.45) is 5.73 Å². The van der Waals surface area contributed by atoms with Gasteiger partial charge in [-0.05, 0) is 51.0 Å². The van der Waals surface area contributed by atoms with Gasteiger partial charge in [0.2, 0.25) is 5.91 Å². The van der Waals surface area contributed by atoms with Crippen molar-refractivity contribution in [1.82, 2.24) is 4.90 Å². The van der Waals surface area contributed by atoms with Crippen LogP contribution in [-0.4, -0.2) is 28.5 Å². The van der Waals surface area contributed by atoms with Crippen LogP contribution in [0.15, 0.2) is 83.8 Å². The molecule has 1 aliphatic heterocycles. The van der Waals surface area contributed by atoms with Crippen molar-refractivity contribution in [2.75, 3.05) is 6.54 Å². The summed E-state index contributed by atoms with van der Waals surface area (Å²) in [5.41, 5.74) is 6.93. The first kappa shape index (κ1) is 21.7. The van der Waals surface area contributed by atoms with Gasteiger partial charge in [-0.25, -0.2) is 0 Å². The molecule has 1 fully saturated rings. The third-order valence-electron chi connectivity index (χ3n) is 5.66. The van der Waals surface area contributed by atoms with Crippen molar-refractivity contribution in [1.29, 1.82) is 0 Å². The van der Waals surface area contributed by atoms with Gasteiger partial charge in [0.15, 0.2) is 0 Å². The summed E-state index contributed by atoms with van der Waals surface area (Å²) in [7, 11) is 0. The van der Waals surface area contributed by atoms with Gasteiger partial charge in [-0.2, -0.15) is 0 Å². The lowest BCUT2D eigenvalue weighted by molar-refractivity contribution is -0.127. The second-order valence-corrected chi connectivity index (χ2v) is 8.85. The lowest BCUT2D eigenvalue weighted by Gasteiger charge is -2.14. The summed E-state index contributed by atoms with van der Waals surface area (Å²) in [6, 6.07) is 25.8. The molecular weight excluding hydrogens is 448 g/mol. The van der Waals surface area contributed by atoms with Crippen LogP contribution in [-0.2, 0) is 16.2 Å². The number of hydrogen-bond donors (Lipinski definition) is 1.